The van der Waals surface area contributed by atoms with Gasteiger partial charge in [0, 0.05) is 30.8 Å². The van der Waals surface area contributed by atoms with Crippen LogP contribution in [0.25, 0.3) is 0 Å². The van der Waals surface area contributed by atoms with Gasteiger partial charge in [-0.15, -0.1) is 0 Å². The highest BCUT2D eigenvalue weighted by molar-refractivity contribution is 5.95. The maximum Gasteiger partial charge on any atom is 0.254 e. The second-order valence-electron chi connectivity index (χ2n) is 5.45. The van der Waals surface area contributed by atoms with Crippen LogP contribution in [-0.4, -0.2) is 49.8 Å². The number of methoxy groups -OCH3 is 2. The first-order chi connectivity index (χ1) is 10.1. The number of aliphatic hydroxyl groups excluding tert-OH is 1. The minimum Gasteiger partial charge on any atom is -0.496 e. The minimum atomic E-state index is -0.0373. The van der Waals surface area contributed by atoms with E-state index < -0.39 is 0 Å². The molecule has 1 N–H and O–H groups in total. The maximum absolute atomic E-state index is 12.6. The number of piperidine rings is 1. The van der Waals surface area contributed by atoms with Crippen molar-refractivity contribution >= 4 is 5.91 Å². The monoisotopic (exact) mass is 293 g/mol. The summed E-state index contributed by atoms with van der Waals surface area (Å²) in [6.45, 7) is 3.36. The van der Waals surface area contributed by atoms with Crippen molar-refractivity contribution < 1.29 is 19.4 Å². The average molecular weight is 293 g/mol. The lowest BCUT2D eigenvalue weighted by atomic mass is 9.98. The first-order valence-electron chi connectivity index (χ1n) is 7.23. The predicted molar refractivity (Wildman–Crippen MR) is 80.0 cm³/mol. The second-order valence-corrected chi connectivity index (χ2v) is 5.45. The molecule has 0 saturated carbocycles. The topological polar surface area (TPSA) is 59.0 Å². The van der Waals surface area contributed by atoms with Crippen molar-refractivity contribution in [2.75, 3.05) is 33.9 Å². The number of amides is 1. The molecular formula is C16H23NO4. The molecule has 1 atom stereocenters. The van der Waals surface area contributed by atoms with E-state index in [9.17, 15) is 9.90 Å². The number of benzene rings is 1. The van der Waals surface area contributed by atoms with Gasteiger partial charge >= 0.3 is 0 Å². The molecule has 5 nitrogen and oxygen atoms in total. The lowest BCUT2D eigenvalue weighted by molar-refractivity contribution is 0.0620. The van der Waals surface area contributed by atoms with Crippen LogP contribution in [0.2, 0.25) is 0 Å². The van der Waals surface area contributed by atoms with Gasteiger partial charge in [0.2, 0.25) is 0 Å². The molecule has 2 rings (SSSR count). The van der Waals surface area contributed by atoms with E-state index in [0.29, 0.717) is 23.6 Å². The van der Waals surface area contributed by atoms with Crippen LogP contribution in [0.4, 0.5) is 0 Å². The van der Waals surface area contributed by atoms with E-state index >= 15 is 0 Å². The fourth-order valence-electron chi connectivity index (χ4n) is 2.79. The van der Waals surface area contributed by atoms with E-state index in [4.69, 9.17) is 9.47 Å². The SMILES string of the molecule is COc1cc(C(=O)N2CCCC(CO)C2)cc(OC)c1C. The third-order valence-corrected chi connectivity index (χ3v) is 4.06. The molecule has 0 radical (unpaired) electrons. The third-order valence-electron chi connectivity index (χ3n) is 4.06. The van der Waals surface area contributed by atoms with Crippen LogP contribution < -0.4 is 9.47 Å². The van der Waals surface area contributed by atoms with Crippen molar-refractivity contribution in [2.24, 2.45) is 5.92 Å². The van der Waals surface area contributed by atoms with E-state index in [-0.39, 0.29) is 18.4 Å². The van der Waals surface area contributed by atoms with E-state index in [2.05, 4.69) is 0 Å². The van der Waals surface area contributed by atoms with E-state index in [1.54, 1.807) is 31.3 Å². The molecule has 1 aliphatic rings. The number of hydrogen-bond acceptors (Lipinski definition) is 4. The molecule has 0 aliphatic carbocycles. The van der Waals surface area contributed by atoms with Crippen molar-refractivity contribution in [2.45, 2.75) is 19.8 Å². The molecule has 5 heteroatoms. The minimum absolute atomic E-state index is 0.0373. The van der Waals surface area contributed by atoms with Gasteiger partial charge in [-0.25, -0.2) is 0 Å². The number of hydrogen-bond donors (Lipinski definition) is 1. The fraction of sp³-hybridized carbons (Fsp3) is 0.562. The van der Waals surface area contributed by atoms with Gasteiger partial charge in [-0.05, 0) is 37.8 Å². The first kappa shape index (κ1) is 15.6. The summed E-state index contributed by atoms with van der Waals surface area (Å²) < 4.78 is 10.6. The molecule has 1 amide bonds. The second kappa shape index (κ2) is 6.80. The van der Waals surface area contributed by atoms with Crippen molar-refractivity contribution in [3.8, 4) is 11.5 Å². The quantitative estimate of drug-likeness (QED) is 0.920. The molecule has 0 aromatic heterocycles. The Kier molecular flexibility index (Phi) is 5.07. The number of aliphatic hydroxyl groups is 1. The van der Waals surface area contributed by atoms with Crippen LogP contribution in [0, 0.1) is 12.8 Å². The molecule has 1 heterocycles. The molecule has 116 valence electrons. The molecule has 1 aromatic carbocycles. The van der Waals surface area contributed by atoms with Gasteiger partial charge in [-0.1, -0.05) is 0 Å². The number of ether oxygens (including phenoxy) is 2. The molecule has 1 aliphatic heterocycles. The van der Waals surface area contributed by atoms with Crippen LogP contribution in [0.5, 0.6) is 11.5 Å². The number of likely N-dealkylation sites (tertiary alicyclic amines) is 1. The molecule has 1 saturated heterocycles. The van der Waals surface area contributed by atoms with Gasteiger partial charge in [-0.2, -0.15) is 0 Å². The highest BCUT2D eigenvalue weighted by Crippen LogP contribution is 2.30. The van der Waals surface area contributed by atoms with Crippen LogP contribution in [0.3, 0.4) is 0 Å². The van der Waals surface area contributed by atoms with Gasteiger partial charge in [0.15, 0.2) is 0 Å². The molecule has 1 fully saturated rings. The summed E-state index contributed by atoms with van der Waals surface area (Å²) >= 11 is 0. The Morgan fingerprint density at radius 2 is 1.95 bits per heavy atom. The molecule has 0 spiro atoms. The summed E-state index contributed by atoms with van der Waals surface area (Å²) in [5, 5.41) is 9.28. The van der Waals surface area contributed by atoms with Crippen LogP contribution in [-0.2, 0) is 0 Å². The molecule has 1 unspecified atom stereocenters. The zero-order chi connectivity index (χ0) is 15.4. The summed E-state index contributed by atoms with van der Waals surface area (Å²) in [6.07, 6.45) is 1.90. The molecule has 1 aromatic rings. The molecular weight excluding hydrogens is 270 g/mol. The summed E-state index contributed by atoms with van der Waals surface area (Å²) in [6, 6.07) is 3.51. The van der Waals surface area contributed by atoms with E-state index in [1.165, 1.54) is 0 Å². The Labute approximate surface area is 125 Å². The Bertz CT molecular complexity index is 490. The van der Waals surface area contributed by atoms with E-state index in [0.717, 1.165) is 24.9 Å². The Morgan fingerprint density at radius 1 is 1.33 bits per heavy atom. The normalized spacial score (nSPS) is 18.5. The Balaban J connectivity index is 2.26. The number of carbonyl (C=O) groups is 1. The first-order valence-corrected chi connectivity index (χ1v) is 7.23. The summed E-state index contributed by atoms with van der Waals surface area (Å²) in [5.41, 5.74) is 1.44. The lowest BCUT2D eigenvalue weighted by Crippen LogP contribution is -2.40. The van der Waals surface area contributed by atoms with Gasteiger partial charge in [-0.3, -0.25) is 4.79 Å². The summed E-state index contributed by atoms with van der Waals surface area (Å²) in [5.74, 6) is 1.43. The maximum atomic E-state index is 12.6. The number of carbonyl (C=O) groups excluding carboxylic acids is 1. The smallest absolute Gasteiger partial charge is 0.254 e. The fourth-order valence-corrected chi connectivity index (χ4v) is 2.79. The van der Waals surface area contributed by atoms with Crippen molar-refractivity contribution in [1.29, 1.82) is 0 Å². The Morgan fingerprint density at radius 3 is 2.48 bits per heavy atom. The van der Waals surface area contributed by atoms with Gasteiger partial charge in [0.05, 0.1) is 14.2 Å². The molecule has 21 heavy (non-hydrogen) atoms. The highest BCUT2D eigenvalue weighted by atomic mass is 16.5. The van der Waals surface area contributed by atoms with Crippen molar-refractivity contribution in [3.63, 3.8) is 0 Å². The highest BCUT2D eigenvalue weighted by Gasteiger charge is 2.25. The zero-order valence-corrected chi connectivity index (χ0v) is 12.9. The largest absolute Gasteiger partial charge is 0.496 e. The zero-order valence-electron chi connectivity index (χ0n) is 12.9. The van der Waals surface area contributed by atoms with Gasteiger partial charge in [0.25, 0.3) is 5.91 Å². The number of nitrogens with zero attached hydrogens (tertiary/aromatic N) is 1. The molecule has 0 bridgehead atoms. The van der Waals surface area contributed by atoms with E-state index in [1.807, 2.05) is 6.92 Å². The van der Waals surface area contributed by atoms with Crippen LogP contribution in [0.15, 0.2) is 12.1 Å². The van der Waals surface area contributed by atoms with Gasteiger partial charge in [0.1, 0.15) is 11.5 Å². The summed E-state index contributed by atoms with van der Waals surface area (Å²) in [4.78, 5) is 14.4. The average Bonchev–Trinajstić information content (AvgIpc) is 2.54. The van der Waals surface area contributed by atoms with Crippen molar-refractivity contribution in [1.82, 2.24) is 4.90 Å². The van der Waals surface area contributed by atoms with Gasteiger partial charge < -0.3 is 19.5 Å². The number of rotatable bonds is 4. The Hall–Kier alpha value is -1.75. The lowest BCUT2D eigenvalue weighted by Gasteiger charge is -2.32. The van der Waals surface area contributed by atoms with Crippen LogP contribution in [0.1, 0.15) is 28.8 Å². The van der Waals surface area contributed by atoms with Crippen LogP contribution >= 0.6 is 0 Å². The van der Waals surface area contributed by atoms with Crippen molar-refractivity contribution in [3.05, 3.63) is 23.3 Å². The summed E-state index contributed by atoms with van der Waals surface area (Å²) in [7, 11) is 3.16. The third kappa shape index (κ3) is 3.29. The predicted octanol–water partition coefficient (Wildman–Crippen LogP) is 1.86. The standard InChI is InChI=1S/C16H23NO4/c1-11-14(20-2)7-13(8-15(11)21-3)16(19)17-6-4-5-12(9-17)10-18/h7-8,12,18H,4-6,9-10H2,1-3H3.